The summed E-state index contributed by atoms with van der Waals surface area (Å²) in [7, 11) is 3.48. The zero-order chi connectivity index (χ0) is 22.9. The first-order valence-corrected chi connectivity index (χ1v) is 10.5. The Morgan fingerprint density at radius 1 is 1.29 bits per heavy atom. The molecule has 0 aliphatic carbocycles. The van der Waals surface area contributed by atoms with Gasteiger partial charge in [0.2, 0.25) is 5.91 Å². The molecule has 8 nitrogen and oxygen atoms in total. The third kappa shape index (κ3) is 4.72. The molecule has 31 heavy (non-hydrogen) atoms. The van der Waals surface area contributed by atoms with Crippen molar-refractivity contribution in [2.24, 2.45) is 5.41 Å². The van der Waals surface area contributed by atoms with E-state index in [1.807, 2.05) is 32.4 Å². The lowest BCUT2D eigenvalue weighted by Crippen LogP contribution is -2.53. The molecule has 0 saturated heterocycles. The summed E-state index contributed by atoms with van der Waals surface area (Å²) in [6.07, 6.45) is 2.23. The molecule has 0 bridgehead atoms. The predicted molar refractivity (Wildman–Crippen MR) is 116 cm³/mol. The van der Waals surface area contributed by atoms with Crippen LogP contribution in [0.15, 0.2) is 12.3 Å². The van der Waals surface area contributed by atoms with E-state index < -0.39 is 23.2 Å². The maximum absolute atomic E-state index is 14.8. The van der Waals surface area contributed by atoms with Crippen molar-refractivity contribution in [2.45, 2.75) is 46.3 Å². The first-order valence-electron chi connectivity index (χ1n) is 10.1. The Balaban J connectivity index is 2.10. The van der Waals surface area contributed by atoms with Crippen LogP contribution in [0.2, 0.25) is 5.15 Å². The fourth-order valence-corrected chi connectivity index (χ4v) is 3.88. The first kappa shape index (κ1) is 23.1. The van der Waals surface area contributed by atoms with Gasteiger partial charge in [-0.1, -0.05) is 32.4 Å². The van der Waals surface area contributed by atoms with E-state index in [1.54, 1.807) is 0 Å². The predicted octanol–water partition coefficient (Wildman–Crippen LogP) is 2.46. The number of hydrogen-bond acceptors (Lipinski definition) is 5. The topological polar surface area (TPSA) is 92.1 Å². The molecule has 3 rings (SSSR count). The minimum atomic E-state index is -0.763. The first-order chi connectivity index (χ1) is 14.5. The number of nitrogens with zero attached hydrogens (tertiary/aromatic N) is 4. The Bertz CT molecular complexity index is 1000. The number of rotatable bonds is 4. The highest BCUT2D eigenvalue weighted by molar-refractivity contribution is 6.29. The maximum atomic E-state index is 14.8. The molecule has 2 amide bonds. The van der Waals surface area contributed by atoms with Crippen LogP contribution < -0.4 is 10.6 Å². The van der Waals surface area contributed by atoms with Gasteiger partial charge in [-0.05, 0) is 31.5 Å². The molecule has 0 radical (unpaired) electrons. The average Bonchev–Trinajstić information content (AvgIpc) is 2.92. The zero-order valence-electron chi connectivity index (χ0n) is 18.4. The van der Waals surface area contributed by atoms with Crippen LogP contribution >= 0.6 is 11.6 Å². The third-order valence-corrected chi connectivity index (χ3v) is 5.63. The van der Waals surface area contributed by atoms with Crippen molar-refractivity contribution in [3.63, 3.8) is 0 Å². The van der Waals surface area contributed by atoms with Crippen LogP contribution in [0.25, 0.3) is 11.4 Å². The number of carbonyl (C=O) groups is 2. The van der Waals surface area contributed by atoms with E-state index >= 15 is 0 Å². The van der Waals surface area contributed by atoms with Crippen LogP contribution in [0.1, 0.15) is 43.4 Å². The summed E-state index contributed by atoms with van der Waals surface area (Å²) >= 11 is 5.89. The van der Waals surface area contributed by atoms with Crippen LogP contribution in [-0.4, -0.2) is 57.9 Å². The average molecular weight is 451 g/mol. The van der Waals surface area contributed by atoms with E-state index in [0.29, 0.717) is 24.6 Å². The number of carbonyl (C=O) groups excluding carboxylic acids is 2. The Morgan fingerprint density at radius 3 is 2.65 bits per heavy atom. The molecule has 168 valence electrons. The Morgan fingerprint density at radius 2 is 2.00 bits per heavy atom. The van der Waals surface area contributed by atoms with Gasteiger partial charge in [-0.2, -0.15) is 0 Å². The maximum Gasteiger partial charge on any atom is 0.272 e. The number of pyridine rings is 1. The number of imidazole rings is 1. The highest BCUT2D eigenvalue weighted by atomic mass is 35.5. The zero-order valence-corrected chi connectivity index (χ0v) is 19.2. The number of fused-ring (bicyclic) bond motifs is 1. The normalized spacial score (nSPS) is 15.7. The van der Waals surface area contributed by atoms with Crippen molar-refractivity contribution in [2.75, 3.05) is 20.6 Å². The molecule has 0 fully saturated rings. The molecule has 0 spiro atoms. The smallest absolute Gasteiger partial charge is 0.272 e. The number of aromatic nitrogens is 3. The Labute approximate surface area is 186 Å². The number of nitrogens with one attached hydrogen (secondary N) is 2. The van der Waals surface area contributed by atoms with Gasteiger partial charge in [0.1, 0.15) is 11.9 Å². The highest BCUT2D eigenvalue weighted by Gasteiger charge is 2.35. The van der Waals surface area contributed by atoms with E-state index in [9.17, 15) is 14.0 Å². The van der Waals surface area contributed by atoms with Gasteiger partial charge < -0.3 is 20.1 Å². The molecule has 0 aromatic carbocycles. The summed E-state index contributed by atoms with van der Waals surface area (Å²) < 4.78 is 16.6. The van der Waals surface area contributed by atoms with E-state index in [-0.39, 0.29) is 22.3 Å². The molecule has 0 saturated carbocycles. The molecule has 3 heterocycles. The lowest BCUT2D eigenvalue weighted by molar-refractivity contribution is -0.124. The standard InChI is InChI=1S/C21H28ClFN6O2/c1-21(2,3)16(20(31)24-4)27-19(30)15-13-11-28(5)9-6-10-29(13)18(26-15)12-7-8-25-17(22)14(12)23/h7-8,16H,6,9-11H2,1-5H3,(H,24,31)(H,27,30)/t16-/m1/s1. The second-order valence-electron chi connectivity index (χ2n) is 8.82. The van der Waals surface area contributed by atoms with Crippen molar-refractivity contribution in [1.29, 1.82) is 0 Å². The van der Waals surface area contributed by atoms with Gasteiger partial charge in [-0.25, -0.2) is 14.4 Å². The monoisotopic (exact) mass is 450 g/mol. The van der Waals surface area contributed by atoms with Crippen molar-refractivity contribution in [3.8, 4) is 11.4 Å². The molecular formula is C21H28ClFN6O2. The van der Waals surface area contributed by atoms with Gasteiger partial charge in [-0.15, -0.1) is 0 Å². The van der Waals surface area contributed by atoms with Gasteiger partial charge in [0.25, 0.3) is 5.91 Å². The Hall–Kier alpha value is -2.52. The number of likely N-dealkylation sites (N-methyl/N-ethyl adjacent to an activating group) is 1. The van der Waals surface area contributed by atoms with Gasteiger partial charge in [0.15, 0.2) is 16.7 Å². The van der Waals surface area contributed by atoms with Gasteiger partial charge in [-0.3, -0.25) is 9.59 Å². The molecule has 10 heteroatoms. The van der Waals surface area contributed by atoms with Crippen LogP contribution in [0.3, 0.4) is 0 Å². The van der Waals surface area contributed by atoms with E-state index in [0.717, 1.165) is 13.0 Å². The highest BCUT2D eigenvalue weighted by Crippen LogP contribution is 2.30. The summed E-state index contributed by atoms with van der Waals surface area (Å²) in [5.41, 5.74) is 0.513. The summed E-state index contributed by atoms with van der Waals surface area (Å²) in [4.78, 5) is 36.1. The molecule has 1 aliphatic rings. The van der Waals surface area contributed by atoms with Crippen LogP contribution in [0.5, 0.6) is 0 Å². The van der Waals surface area contributed by atoms with Crippen molar-refractivity contribution >= 4 is 23.4 Å². The summed E-state index contributed by atoms with van der Waals surface area (Å²) in [6.45, 7) is 7.48. The van der Waals surface area contributed by atoms with Crippen LogP contribution in [0, 0.1) is 11.2 Å². The second-order valence-corrected chi connectivity index (χ2v) is 9.18. The fraction of sp³-hybridized carbons (Fsp3) is 0.524. The fourth-order valence-electron chi connectivity index (χ4n) is 3.72. The lowest BCUT2D eigenvalue weighted by Gasteiger charge is -2.29. The van der Waals surface area contributed by atoms with E-state index in [1.165, 1.54) is 19.3 Å². The molecule has 2 aromatic rings. The molecule has 2 aromatic heterocycles. The minimum Gasteiger partial charge on any atom is -0.357 e. The minimum absolute atomic E-state index is 0.175. The summed E-state index contributed by atoms with van der Waals surface area (Å²) in [5, 5.41) is 5.17. The second kappa shape index (κ2) is 8.92. The Kier molecular flexibility index (Phi) is 6.66. The molecule has 0 unspecified atom stereocenters. The quantitative estimate of drug-likeness (QED) is 0.698. The number of halogens is 2. The molecule has 1 aliphatic heterocycles. The van der Waals surface area contributed by atoms with Gasteiger partial charge in [0.05, 0.1) is 11.3 Å². The van der Waals surface area contributed by atoms with E-state index in [4.69, 9.17) is 11.6 Å². The largest absolute Gasteiger partial charge is 0.357 e. The molecular weight excluding hydrogens is 423 g/mol. The van der Waals surface area contributed by atoms with Gasteiger partial charge in [0, 0.05) is 26.3 Å². The molecule has 2 N–H and O–H groups in total. The van der Waals surface area contributed by atoms with Crippen molar-refractivity contribution < 1.29 is 14.0 Å². The number of amides is 2. The van der Waals surface area contributed by atoms with Crippen LogP contribution in [-0.2, 0) is 17.9 Å². The lowest BCUT2D eigenvalue weighted by atomic mass is 9.86. The summed E-state index contributed by atoms with van der Waals surface area (Å²) in [5.74, 6) is -1.13. The van der Waals surface area contributed by atoms with Gasteiger partial charge >= 0.3 is 0 Å². The SMILES string of the molecule is CNC(=O)[C@@H](NC(=O)c1nc(-c2ccnc(Cl)c2F)n2c1CN(C)CCC2)C(C)(C)C. The number of hydrogen-bond donors (Lipinski definition) is 2. The molecule has 1 atom stereocenters. The van der Waals surface area contributed by atoms with Crippen LogP contribution in [0.4, 0.5) is 4.39 Å². The van der Waals surface area contributed by atoms with E-state index in [2.05, 4.69) is 25.5 Å². The third-order valence-electron chi connectivity index (χ3n) is 5.37. The van der Waals surface area contributed by atoms with Crippen molar-refractivity contribution in [3.05, 3.63) is 34.6 Å². The summed E-state index contributed by atoms with van der Waals surface area (Å²) in [6, 6.07) is 0.733. The van der Waals surface area contributed by atoms with Crippen molar-refractivity contribution in [1.82, 2.24) is 30.1 Å².